The minimum atomic E-state index is -0.416. The summed E-state index contributed by atoms with van der Waals surface area (Å²) >= 11 is 4.78. The van der Waals surface area contributed by atoms with Crippen LogP contribution < -0.4 is 15.7 Å². The van der Waals surface area contributed by atoms with E-state index < -0.39 is 5.91 Å². The molecule has 0 saturated carbocycles. The minimum Gasteiger partial charge on any atom is -0.356 e. The minimum absolute atomic E-state index is 0.0826. The fourth-order valence-corrected chi connectivity index (χ4v) is 3.80. The second kappa shape index (κ2) is 9.59. The van der Waals surface area contributed by atoms with Crippen LogP contribution in [0.2, 0.25) is 0 Å². The van der Waals surface area contributed by atoms with Crippen molar-refractivity contribution in [2.45, 2.75) is 31.0 Å². The van der Waals surface area contributed by atoms with E-state index in [4.69, 9.17) is 0 Å². The van der Waals surface area contributed by atoms with Gasteiger partial charge in [-0.1, -0.05) is 11.8 Å². The van der Waals surface area contributed by atoms with Crippen LogP contribution in [0.5, 0.6) is 0 Å². The van der Waals surface area contributed by atoms with Crippen LogP contribution in [0.15, 0.2) is 21.8 Å². The fourth-order valence-electron chi connectivity index (χ4n) is 3.10. The Kier molecular flexibility index (Phi) is 7.14. The van der Waals surface area contributed by atoms with Gasteiger partial charge in [0.1, 0.15) is 17.2 Å². The molecular weight excluding hydrogens is 460 g/mol. The van der Waals surface area contributed by atoms with Crippen molar-refractivity contribution in [2.24, 2.45) is 0 Å². The number of carbonyl (C=O) groups excluding carboxylic acids is 2. The van der Waals surface area contributed by atoms with Crippen LogP contribution in [0.4, 0.5) is 5.82 Å². The number of thioether (sulfide) groups is 1. The lowest BCUT2D eigenvalue weighted by Crippen LogP contribution is -2.45. The lowest BCUT2D eigenvalue weighted by atomic mass is 10.0. The highest BCUT2D eigenvalue weighted by molar-refractivity contribution is 9.10. The van der Waals surface area contributed by atoms with Crippen molar-refractivity contribution < 1.29 is 14.4 Å². The first-order valence-electron chi connectivity index (χ1n) is 9.08. The molecule has 1 aliphatic heterocycles. The second-order valence-corrected chi connectivity index (χ2v) is 8.25. The third-order valence-electron chi connectivity index (χ3n) is 4.65. The van der Waals surface area contributed by atoms with Gasteiger partial charge in [-0.25, -0.2) is 15.4 Å². The number of hydrogen-bond donors (Lipinski definition) is 3. The maximum atomic E-state index is 12.4. The van der Waals surface area contributed by atoms with Crippen LogP contribution in [0.3, 0.4) is 0 Å². The monoisotopic (exact) mass is 482 g/mol. The summed E-state index contributed by atoms with van der Waals surface area (Å²) in [6.45, 7) is 3.34. The average Bonchev–Trinajstić information content (AvgIpc) is 3.07. The molecule has 0 radical (unpaired) electrons. The molecule has 1 fully saturated rings. The van der Waals surface area contributed by atoms with Gasteiger partial charge in [-0.15, -0.1) is 0 Å². The molecule has 2 aromatic heterocycles. The van der Waals surface area contributed by atoms with Gasteiger partial charge in [-0.2, -0.15) is 0 Å². The van der Waals surface area contributed by atoms with Crippen LogP contribution in [-0.4, -0.2) is 59.3 Å². The molecule has 29 heavy (non-hydrogen) atoms. The Hall–Kier alpha value is -2.11. The van der Waals surface area contributed by atoms with E-state index in [1.165, 1.54) is 18.9 Å². The number of rotatable bonds is 6. The van der Waals surface area contributed by atoms with Crippen molar-refractivity contribution in [2.75, 3.05) is 31.4 Å². The van der Waals surface area contributed by atoms with E-state index in [0.29, 0.717) is 29.8 Å². The van der Waals surface area contributed by atoms with Crippen LogP contribution in [0.1, 0.15) is 39.5 Å². The van der Waals surface area contributed by atoms with Gasteiger partial charge < -0.3 is 15.2 Å². The molecule has 0 aliphatic carbocycles. The zero-order valence-corrected chi connectivity index (χ0v) is 18.8. The highest BCUT2D eigenvalue weighted by atomic mass is 79.9. The quantitative estimate of drug-likeness (QED) is 0.328. The molecule has 3 rings (SSSR count). The highest BCUT2D eigenvalue weighted by Crippen LogP contribution is 2.22. The van der Waals surface area contributed by atoms with Gasteiger partial charge in [0.2, 0.25) is 0 Å². The van der Waals surface area contributed by atoms with Crippen LogP contribution >= 0.6 is 27.7 Å². The van der Waals surface area contributed by atoms with Gasteiger partial charge in [0.05, 0.1) is 7.11 Å². The van der Waals surface area contributed by atoms with Crippen molar-refractivity contribution in [1.29, 1.82) is 0 Å². The average molecular weight is 483 g/mol. The molecule has 0 unspecified atom stereocenters. The maximum absolute atomic E-state index is 12.4. The van der Waals surface area contributed by atoms with Gasteiger partial charge in [-0.05, 0) is 48.0 Å². The predicted molar refractivity (Wildman–Crippen MR) is 114 cm³/mol. The number of halogens is 1. The third kappa shape index (κ3) is 5.28. The zero-order valence-electron chi connectivity index (χ0n) is 16.4. The number of nitrogens with one attached hydrogen (secondary N) is 3. The number of hydroxylamine groups is 1. The Balaban J connectivity index is 1.63. The number of carbonyl (C=O) groups is 2. The molecule has 0 atom stereocenters. The van der Waals surface area contributed by atoms with E-state index >= 15 is 0 Å². The van der Waals surface area contributed by atoms with Gasteiger partial charge in [0.15, 0.2) is 5.16 Å². The summed E-state index contributed by atoms with van der Waals surface area (Å²) in [5, 5.41) is 3.60. The number of nitrogens with zero attached hydrogens (tertiary/aromatic N) is 3. The van der Waals surface area contributed by atoms with E-state index in [1.807, 2.05) is 13.2 Å². The first-order valence-corrected chi connectivity index (χ1v) is 11.1. The summed E-state index contributed by atoms with van der Waals surface area (Å²) < 4.78 is 0.888. The molecule has 3 heterocycles. The van der Waals surface area contributed by atoms with E-state index in [0.717, 1.165) is 23.0 Å². The Morgan fingerprint density at radius 1 is 1.28 bits per heavy atom. The summed E-state index contributed by atoms with van der Waals surface area (Å²) in [4.78, 5) is 43.1. The maximum Gasteiger partial charge on any atom is 0.293 e. The van der Waals surface area contributed by atoms with E-state index in [9.17, 15) is 9.59 Å². The molecule has 11 heteroatoms. The first-order chi connectivity index (χ1) is 13.9. The van der Waals surface area contributed by atoms with Gasteiger partial charge >= 0.3 is 0 Å². The molecule has 0 spiro atoms. The van der Waals surface area contributed by atoms with Crippen molar-refractivity contribution >= 4 is 45.3 Å². The molecule has 0 aromatic carbocycles. The summed E-state index contributed by atoms with van der Waals surface area (Å²) in [5.41, 5.74) is 4.01. The molecule has 2 aromatic rings. The number of aromatic amines is 1. The largest absolute Gasteiger partial charge is 0.356 e. The number of H-pyrrole nitrogens is 1. The standard InChI is InChI=1S/C18H23BrN6O3S/c1-10-12(19)8-13(20-10)16(26)21-11-4-6-25(7-5-11)15-9-14(17(27)24-28-2)22-18(23-15)29-3/h8-9,11,20H,4-7H2,1-3H3,(H,21,26)(H,24,27). The van der Waals surface area contributed by atoms with Crippen molar-refractivity contribution in [1.82, 2.24) is 25.7 Å². The Bertz CT molecular complexity index is 878. The van der Waals surface area contributed by atoms with Crippen molar-refractivity contribution in [3.05, 3.63) is 33.7 Å². The Labute approximate surface area is 181 Å². The molecule has 2 amide bonds. The summed E-state index contributed by atoms with van der Waals surface area (Å²) in [7, 11) is 1.38. The molecule has 0 bridgehead atoms. The van der Waals surface area contributed by atoms with Crippen molar-refractivity contribution in [3.63, 3.8) is 0 Å². The smallest absolute Gasteiger partial charge is 0.293 e. The highest BCUT2D eigenvalue weighted by Gasteiger charge is 2.24. The number of hydrogen-bond acceptors (Lipinski definition) is 7. The first kappa shape index (κ1) is 21.6. The Morgan fingerprint density at radius 2 is 2.00 bits per heavy atom. The molecule has 1 saturated heterocycles. The van der Waals surface area contributed by atoms with Gasteiger partial charge in [0, 0.05) is 35.4 Å². The lowest BCUT2D eigenvalue weighted by Gasteiger charge is -2.33. The topological polar surface area (TPSA) is 112 Å². The number of anilines is 1. The van der Waals surface area contributed by atoms with E-state index in [1.54, 1.807) is 12.1 Å². The van der Waals surface area contributed by atoms with Crippen LogP contribution in [0.25, 0.3) is 0 Å². The summed E-state index contributed by atoms with van der Waals surface area (Å²) in [6.07, 6.45) is 3.43. The van der Waals surface area contributed by atoms with Gasteiger partial charge in [-0.3, -0.25) is 14.4 Å². The number of aryl methyl sites for hydroxylation is 1. The molecule has 3 N–H and O–H groups in total. The predicted octanol–water partition coefficient (Wildman–Crippen LogP) is 2.29. The van der Waals surface area contributed by atoms with Gasteiger partial charge in [0.25, 0.3) is 11.8 Å². The summed E-state index contributed by atoms with van der Waals surface area (Å²) in [5.74, 6) is 0.169. The molecule has 1 aliphatic rings. The SMILES string of the molecule is CONC(=O)c1cc(N2CCC(NC(=O)c3cc(Br)c(C)[nH]3)CC2)nc(SC)n1. The number of amides is 2. The number of aromatic nitrogens is 3. The normalized spacial score (nSPS) is 14.7. The van der Waals surface area contributed by atoms with Crippen LogP contribution in [-0.2, 0) is 4.84 Å². The van der Waals surface area contributed by atoms with E-state index in [-0.39, 0.29) is 17.6 Å². The van der Waals surface area contributed by atoms with Crippen LogP contribution in [0, 0.1) is 6.92 Å². The van der Waals surface area contributed by atoms with E-state index in [2.05, 4.69) is 51.4 Å². The summed E-state index contributed by atoms with van der Waals surface area (Å²) in [6, 6.07) is 3.53. The fraction of sp³-hybridized carbons (Fsp3) is 0.444. The Morgan fingerprint density at radius 3 is 2.59 bits per heavy atom. The lowest BCUT2D eigenvalue weighted by molar-refractivity contribution is 0.0531. The second-order valence-electron chi connectivity index (χ2n) is 6.62. The third-order valence-corrected chi connectivity index (χ3v) is 6.02. The molecular formula is C18H23BrN6O3S. The molecule has 9 nitrogen and oxygen atoms in total. The molecule has 156 valence electrons. The number of piperidine rings is 1. The zero-order chi connectivity index (χ0) is 21.0. The van der Waals surface area contributed by atoms with Crippen molar-refractivity contribution in [3.8, 4) is 0 Å².